The summed E-state index contributed by atoms with van der Waals surface area (Å²) in [6, 6.07) is 4.68. The van der Waals surface area contributed by atoms with Crippen LogP contribution >= 0.6 is 0 Å². The second kappa shape index (κ2) is 5.09. The first-order valence-corrected chi connectivity index (χ1v) is 5.66. The second-order valence-corrected chi connectivity index (χ2v) is 4.10. The van der Waals surface area contributed by atoms with Crippen LogP contribution in [0.25, 0.3) is 0 Å². The molecular formula is C13H14FN3O2. The Labute approximate surface area is 109 Å². The van der Waals surface area contributed by atoms with Gasteiger partial charge >= 0.3 is 0 Å². The number of aromatic nitrogens is 2. The Morgan fingerprint density at radius 1 is 1.53 bits per heavy atom. The molecule has 100 valence electrons. The molecule has 5 nitrogen and oxygen atoms in total. The van der Waals surface area contributed by atoms with Crippen molar-refractivity contribution in [3.05, 3.63) is 41.3 Å². The summed E-state index contributed by atoms with van der Waals surface area (Å²) in [5.41, 5.74) is 6.28. The number of hydrogen-bond acceptors (Lipinski definition) is 4. The number of nitrogens with two attached hydrogens (primary N) is 1. The molecule has 2 aromatic rings. The summed E-state index contributed by atoms with van der Waals surface area (Å²) in [4.78, 5) is 12.1. The fourth-order valence-electron chi connectivity index (χ4n) is 1.78. The number of benzene rings is 1. The summed E-state index contributed by atoms with van der Waals surface area (Å²) < 4.78 is 20.2. The van der Waals surface area contributed by atoms with Crippen molar-refractivity contribution >= 4 is 11.6 Å². The van der Waals surface area contributed by atoms with E-state index in [1.807, 2.05) is 0 Å². The third kappa shape index (κ3) is 2.42. The van der Waals surface area contributed by atoms with Gasteiger partial charge in [0.05, 0.1) is 18.9 Å². The molecule has 0 unspecified atom stereocenters. The molecule has 19 heavy (non-hydrogen) atoms. The molecule has 2 rings (SSSR count). The van der Waals surface area contributed by atoms with Gasteiger partial charge in [-0.25, -0.2) is 4.39 Å². The number of Topliss-reactive ketones (excluding diaryl/α,β-unsaturated/α-hetero) is 1. The third-order valence-electron chi connectivity index (χ3n) is 2.90. The number of nitrogens with zero attached hydrogens (tertiary/aromatic N) is 2. The fourth-order valence-corrected chi connectivity index (χ4v) is 1.78. The largest absolute Gasteiger partial charge is 0.494 e. The predicted octanol–water partition coefficient (Wildman–Crippen LogP) is 1.58. The minimum absolute atomic E-state index is 0.0844. The number of carbonyl (C=O) groups is 1. The van der Waals surface area contributed by atoms with Gasteiger partial charge in [-0.1, -0.05) is 12.1 Å². The van der Waals surface area contributed by atoms with Gasteiger partial charge < -0.3 is 10.5 Å². The monoisotopic (exact) mass is 263 g/mol. The minimum atomic E-state index is -0.527. The number of rotatable bonds is 4. The van der Waals surface area contributed by atoms with E-state index >= 15 is 0 Å². The molecule has 1 heterocycles. The van der Waals surface area contributed by atoms with Gasteiger partial charge in [0.15, 0.2) is 17.3 Å². The van der Waals surface area contributed by atoms with E-state index in [0.717, 1.165) is 0 Å². The molecule has 0 bridgehead atoms. The number of nitrogen functional groups attached to an aromatic ring is 1. The van der Waals surface area contributed by atoms with Crippen LogP contribution in [-0.2, 0) is 13.5 Å². The Morgan fingerprint density at radius 3 is 2.84 bits per heavy atom. The first-order chi connectivity index (χ1) is 9.04. The Hall–Kier alpha value is -2.37. The summed E-state index contributed by atoms with van der Waals surface area (Å²) in [5.74, 6) is -0.420. The molecule has 6 heteroatoms. The van der Waals surface area contributed by atoms with Crippen molar-refractivity contribution in [3.8, 4) is 5.75 Å². The van der Waals surface area contributed by atoms with Gasteiger partial charge in [0.1, 0.15) is 5.82 Å². The van der Waals surface area contributed by atoms with Gasteiger partial charge in [0.25, 0.3) is 0 Å². The molecule has 1 aromatic carbocycles. The van der Waals surface area contributed by atoms with Crippen LogP contribution in [0.3, 0.4) is 0 Å². The van der Waals surface area contributed by atoms with Crippen molar-refractivity contribution in [1.29, 1.82) is 0 Å². The lowest BCUT2D eigenvalue weighted by Gasteiger charge is -2.06. The average Bonchev–Trinajstić information content (AvgIpc) is 2.72. The number of hydrogen-bond donors (Lipinski definition) is 1. The van der Waals surface area contributed by atoms with Crippen LogP contribution in [0.5, 0.6) is 5.75 Å². The molecule has 2 N–H and O–H groups in total. The zero-order valence-electron chi connectivity index (χ0n) is 10.7. The molecule has 0 spiro atoms. The lowest BCUT2D eigenvalue weighted by Crippen LogP contribution is -2.08. The highest BCUT2D eigenvalue weighted by Crippen LogP contribution is 2.22. The van der Waals surface area contributed by atoms with E-state index in [1.165, 1.54) is 24.1 Å². The maximum absolute atomic E-state index is 13.9. The third-order valence-corrected chi connectivity index (χ3v) is 2.90. The van der Waals surface area contributed by atoms with Crippen molar-refractivity contribution in [2.45, 2.75) is 6.42 Å². The average molecular weight is 263 g/mol. The SMILES string of the molecule is COc1cccc(CC(=O)c2cnn(C)c2N)c1F. The molecule has 0 aliphatic carbocycles. The standard InChI is InChI=1S/C13H14FN3O2/c1-17-13(15)9(7-16-17)10(18)6-8-4-3-5-11(19-2)12(8)14/h3-5,7H,6,15H2,1-2H3. The van der Waals surface area contributed by atoms with Crippen LogP contribution in [-0.4, -0.2) is 22.7 Å². The van der Waals surface area contributed by atoms with Crippen LogP contribution in [0.1, 0.15) is 15.9 Å². The molecule has 0 aliphatic rings. The molecule has 0 saturated heterocycles. The van der Waals surface area contributed by atoms with E-state index in [2.05, 4.69) is 5.10 Å². The smallest absolute Gasteiger partial charge is 0.172 e. The van der Waals surface area contributed by atoms with E-state index in [9.17, 15) is 9.18 Å². The van der Waals surface area contributed by atoms with Crippen molar-refractivity contribution in [3.63, 3.8) is 0 Å². The Bertz CT molecular complexity index is 622. The highest BCUT2D eigenvalue weighted by molar-refractivity contribution is 6.01. The van der Waals surface area contributed by atoms with E-state index < -0.39 is 5.82 Å². The van der Waals surface area contributed by atoms with E-state index in [1.54, 1.807) is 19.2 Å². The molecule has 0 amide bonds. The first-order valence-electron chi connectivity index (χ1n) is 5.66. The van der Waals surface area contributed by atoms with E-state index in [4.69, 9.17) is 10.5 Å². The molecular weight excluding hydrogens is 249 g/mol. The summed E-state index contributed by atoms with van der Waals surface area (Å²) in [5, 5.41) is 3.89. The number of aryl methyl sites for hydroxylation is 1. The lowest BCUT2D eigenvalue weighted by molar-refractivity contribution is 0.0992. The van der Waals surface area contributed by atoms with Gasteiger partial charge in [0.2, 0.25) is 0 Å². The van der Waals surface area contributed by atoms with Crippen LogP contribution in [0.15, 0.2) is 24.4 Å². The Kier molecular flexibility index (Phi) is 3.50. The summed E-state index contributed by atoms with van der Waals surface area (Å²) in [6.07, 6.45) is 1.30. The Morgan fingerprint density at radius 2 is 2.26 bits per heavy atom. The maximum Gasteiger partial charge on any atom is 0.172 e. The van der Waals surface area contributed by atoms with Gasteiger partial charge in [-0.3, -0.25) is 9.48 Å². The van der Waals surface area contributed by atoms with Crippen LogP contribution in [0, 0.1) is 5.82 Å². The maximum atomic E-state index is 13.9. The Balaban J connectivity index is 2.27. The fraction of sp³-hybridized carbons (Fsp3) is 0.231. The van der Waals surface area contributed by atoms with Gasteiger partial charge in [0, 0.05) is 13.5 Å². The summed E-state index contributed by atoms with van der Waals surface area (Å²) >= 11 is 0. The molecule has 0 fully saturated rings. The molecule has 0 atom stereocenters. The summed E-state index contributed by atoms with van der Waals surface area (Å²) in [6.45, 7) is 0. The van der Waals surface area contributed by atoms with Crippen LogP contribution < -0.4 is 10.5 Å². The summed E-state index contributed by atoms with van der Waals surface area (Å²) in [7, 11) is 3.02. The van der Waals surface area contributed by atoms with Crippen molar-refractivity contribution in [1.82, 2.24) is 9.78 Å². The minimum Gasteiger partial charge on any atom is -0.494 e. The molecule has 0 radical (unpaired) electrons. The quantitative estimate of drug-likeness (QED) is 0.850. The van der Waals surface area contributed by atoms with E-state index in [0.29, 0.717) is 5.56 Å². The van der Waals surface area contributed by atoms with Crippen molar-refractivity contribution < 1.29 is 13.9 Å². The van der Waals surface area contributed by atoms with Crippen LogP contribution in [0.4, 0.5) is 10.2 Å². The number of ether oxygens (including phenoxy) is 1. The van der Waals surface area contributed by atoms with Gasteiger partial charge in [-0.15, -0.1) is 0 Å². The number of halogens is 1. The normalized spacial score (nSPS) is 10.5. The van der Waals surface area contributed by atoms with E-state index in [-0.39, 0.29) is 29.3 Å². The van der Waals surface area contributed by atoms with Crippen molar-refractivity contribution in [2.24, 2.45) is 7.05 Å². The predicted molar refractivity (Wildman–Crippen MR) is 68.6 cm³/mol. The number of ketones is 1. The highest BCUT2D eigenvalue weighted by Gasteiger charge is 2.17. The van der Waals surface area contributed by atoms with Crippen LogP contribution in [0.2, 0.25) is 0 Å². The van der Waals surface area contributed by atoms with Crippen molar-refractivity contribution in [2.75, 3.05) is 12.8 Å². The topological polar surface area (TPSA) is 70.1 Å². The number of anilines is 1. The van der Waals surface area contributed by atoms with Gasteiger partial charge in [-0.2, -0.15) is 5.10 Å². The zero-order chi connectivity index (χ0) is 14.0. The zero-order valence-corrected chi connectivity index (χ0v) is 10.7. The second-order valence-electron chi connectivity index (χ2n) is 4.10. The lowest BCUT2D eigenvalue weighted by atomic mass is 10.0. The molecule has 0 aliphatic heterocycles. The van der Waals surface area contributed by atoms with Gasteiger partial charge in [-0.05, 0) is 11.6 Å². The number of carbonyl (C=O) groups excluding carboxylic acids is 1. The molecule has 1 aromatic heterocycles. The highest BCUT2D eigenvalue weighted by atomic mass is 19.1. The number of methoxy groups -OCH3 is 1. The first kappa shape index (κ1) is 13.1. The molecule has 0 saturated carbocycles.